The third-order valence-electron chi connectivity index (χ3n) is 1.63. The summed E-state index contributed by atoms with van der Waals surface area (Å²) in [6, 6.07) is 0.801. The summed E-state index contributed by atoms with van der Waals surface area (Å²) in [6.45, 7) is 1.31. The van der Waals surface area contributed by atoms with E-state index in [0.29, 0.717) is 16.6 Å². The van der Waals surface area contributed by atoms with Crippen LogP contribution in [-0.4, -0.2) is 0 Å². The molecule has 0 heterocycles. The van der Waals surface area contributed by atoms with Gasteiger partial charge in [0.25, 0.3) is 0 Å². The third kappa shape index (κ3) is 3.07. The number of hydrogen-bond acceptors (Lipinski definition) is 0. The highest BCUT2D eigenvalue weighted by atomic mass is 79.9. The van der Waals surface area contributed by atoms with Crippen molar-refractivity contribution < 1.29 is 19.4 Å². The average molecular weight is 376 g/mol. The van der Waals surface area contributed by atoms with Crippen LogP contribution in [-0.2, 0) is 0 Å². The Kier molecular flexibility index (Phi) is 2.55. The van der Waals surface area contributed by atoms with E-state index in [2.05, 4.69) is 31.9 Å². The van der Waals surface area contributed by atoms with Gasteiger partial charge in [-0.25, -0.2) is 0 Å². The highest BCUT2D eigenvalue weighted by Gasteiger charge is 2.65. The van der Waals surface area contributed by atoms with E-state index < -0.39 is 15.1 Å². The quantitative estimate of drug-likeness (QED) is 0.514. The largest absolute Gasteiger partial charge is 0.310 e. The summed E-state index contributed by atoms with van der Waals surface area (Å²) in [6.07, 6.45) is 0. The second-order valence-corrected chi connectivity index (χ2v) is 7.06. The van der Waals surface area contributed by atoms with Crippen LogP contribution in [0.4, 0.5) is 19.4 Å². The maximum absolute atomic E-state index is 12.4. The van der Waals surface area contributed by atoms with Crippen LogP contribution < -0.4 is 0 Å². The predicted octanol–water partition coefficient (Wildman–Crippen LogP) is 6.18. The van der Waals surface area contributed by atoms with Gasteiger partial charge < -0.3 is 0 Å². The summed E-state index contributed by atoms with van der Waals surface area (Å²) in [7, 11) is -9.57. The number of aryl methyl sites for hydroxylation is 1. The fourth-order valence-corrected chi connectivity index (χ4v) is 2.60. The first-order chi connectivity index (χ1) is 6.31. The van der Waals surface area contributed by atoms with Crippen LogP contribution >= 0.6 is 42.1 Å². The van der Waals surface area contributed by atoms with Crippen molar-refractivity contribution in [1.82, 2.24) is 0 Å². The Morgan fingerprint density at radius 2 is 1.47 bits per heavy atom. The smallest absolute Gasteiger partial charge is 0.0936 e. The summed E-state index contributed by atoms with van der Waals surface area (Å²) in [5.74, 6) is 0. The standard InChI is InChI=1S/C7H5Br2F5S/c1-4-2-5(3-6(8)7(4)9)15(10,11,12,13)14/h2-3H,1H3. The van der Waals surface area contributed by atoms with Crippen LogP contribution in [0.15, 0.2) is 26.0 Å². The number of benzene rings is 1. The highest BCUT2D eigenvalue weighted by molar-refractivity contribution is 9.13. The van der Waals surface area contributed by atoms with Crippen LogP contribution in [0.3, 0.4) is 0 Å². The minimum absolute atomic E-state index is 0.0502. The Morgan fingerprint density at radius 3 is 1.80 bits per heavy atom. The lowest BCUT2D eigenvalue weighted by Gasteiger charge is -2.40. The van der Waals surface area contributed by atoms with Crippen molar-refractivity contribution >= 4 is 42.1 Å². The summed E-state index contributed by atoms with van der Waals surface area (Å²) >= 11 is 5.75. The molecule has 1 aromatic rings. The van der Waals surface area contributed by atoms with Gasteiger partial charge in [-0.05, 0) is 56.5 Å². The fourth-order valence-electron chi connectivity index (χ4n) is 0.918. The lowest BCUT2D eigenvalue weighted by atomic mass is 10.2. The first-order valence-corrected chi connectivity index (χ1v) is 7.05. The predicted molar refractivity (Wildman–Crippen MR) is 58.0 cm³/mol. The van der Waals surface area contributed by atoms with E-state index >= 15 is 0 Å². The van der Waals surface area contributed by atoms with Gasteiger partial charge in [-0.1, -0.05) is 19.4 Å². The van der Waals surface area contributed by atoms with Gasteiger partial charge in [0.2, 0.25) is 0 Å². The van der Waals surface area contributed by atoms with Crippen molar-refractivity contribution in [2.45, 2.75) is 11.8 Å². The molecular formula is C7H5Br2F5S. The van der Waals surface area contributed by atoms with Gasteiger partial charge in [0.1, 0.15) is 4.90 Å². The first-order valence-electron chi connectivity index (χ1n) is 3.51. The van der Waals surface area contributed by atoms with Crippen molar-refractivity contribution in [3.8, 4) is 0 Å². The molecule has 0 nitrogen and oxygen atoms in total. The van der Waals surface area contributed by atoms with Gasteiger partial charge in [-0.15, -0.1) is 0 Å². The minimum atomic E-state index is -9.57. The number of hydrogen-bond donors (Lipinski definition) is 0. The van der Waals surface area contributed by atoms with Gasteiger partial charge in [0.05, 0.1) is 0 Å². The van der Waals surface area contributed by atoms with Gasteiger partial charge in [-0.2, -0.15) is 0 Å². The summed E-state index contributed by atoms with van der Waals surface area (Å²) < 4.78 is 62.3. The monoisotopic (exact) mass is 374 g/mol. The fraction of sp³-hybridized carbons (Fsp3) is 0.143. The molecule has 1 aromatic carbocycles. The SMILES string of the molecule is Cc1cc(S(F)(F)(F)(F)F)cc(Br)c1Br. The molecule has 0 radical (unpaired) electrons. The topological polar surface area (TPSA) is 0 Å². The Balaban J connectivity index is 3.58. The molecule has 0 aliphatic rings. The highest BCUT2D eigenvalue weighted by Crippen LogP contribution is 3.02. The van der Waals surface area contributed by atoms with E-state index in [1.807, 2.05) is 0 Å². The number of halogens is 7. The lowest BCUT2D eigenvalue weighted by Crippen LogP contribution is -2.06. The third-order valence-corrected chi connectivity index (χ3v) is 4.97. The van der Waals surface area contributed by atoms with Crippen molar-refractivity contribution in [1.29, 1.82) is 0 Å². The van der Waals surface area contributed by atoms with E-state index in [1.54, 1.807) is 0 Å². The minimum Gasteiger partial charge on any atom is -0.0936 e. The summed E-state index contributed by atoms with van der Waals surface area (Å²) in [5.41, 5.74) is 0.0904. The Bertz CT molecular complexity index is 401. The summed E-state index contributed by atoms with van der Waals surface area (Å²) in [5, 5.41) is 0. The molecule has 0 fully saturated rings. The molecule has 0 spiro atoms. The zero-order valence-electron chi connectivity index (χ0n) is 7.21. The molecule has 0 aliphatic carbocycles. The molecule has 0 aliphatic heterocycles. The van der Waals surface area contributed by atoms with Crippen molar-refractivity contribution in [2.75, 3.05) is 0 Å². The van der Waals surface area contributed by atoms with E-state index in [0.717, 1.165) is 0 Å². The Labute approximate surface area is 99.8 Å². The molecule has 0 N–H and O–H groups in total. The molecule has 0 saturated heterocycles. The van der Waals surface area contributed by atoms with E-state index in [-0.39, 0.29) is 10.0 Å². The molecular weight excluding hydrogens is 371 g/mol. The van der Waals surface area contributed by atoms with Crippen LogP contribution in [0.5, 0.6) is 0 Å². The molecule has 1 rings (SSSR count). The zero-order chi connectivity index (χ0) is 12.1. The molecule has 0 atom stereocenters. The molecule has 88 valence electrons. The first kappa shape index (κ1) is 13.2. The van der Waals surface area contributed by atoms with Crippen molar-refractivity contribution in [3.05, 3.63) is 26.6 Å². The molecule has 0 amide bonds. The molecule has 15 heavy (non-hydrogen) atoms. The number of rotatable bonds is 1. The van der Waals surface area contributed by atoms with Crippen LogP contribution in [0.2, 0.25) is 0 Å². The molecule has 0 aromatic heterocycles. The Hall–Kier alpha value is 0.180. The van der Waals surface area contributed by atoms with Crippen LogP contribution in [0.25, 0.3) is 0 Å². The van der Waals surface area contributed by atoms with E-state index in [1.165, 1.54) is 6.92 Å². The second kappa shape index (κ2) is 2.89. The van der Waals surface area contributed by atoms with Gasteiger partial charge >= 0.3 is 10.2 Å². The lowest BCUT2D eigenvalue weighted by molar-refractivity contribution is 0.363. The Morgan fingerprint density at radius 1 is 1.00 bits per heavy atom. The van der Waals surface area contributed by atoms with Crippen molar-refractivity contribution in [3.63, 3.8) is 0 Å². The second-order valence-electron chi connectivity index (χ2n) is 3.00. The maximum Gasteiger partial charge on any atom is 0.310 e. The zero-order valence-corrected chi connectivity index (χ0v) is 11.2. The van der Waals surface area contributed by atoms with Gasteiger partial charge in [0.15, 0.2) is 0 Å². The van der Waals surface area contributed by atoms with E-state index in [4.69, 9.17) is 0 Å². The maximum atomic E-state index is 12.4. The summed E-state index contributed by atoms with van der Waals surface area (Å²) in [4.78, 5) is -1.89. The van der Waals surface area contributed by atoms with Crippen LogP contribution in [0.1, 0.15) is 5.56 Å². The normalized spacial score (nSPS) is 17.1. The van der Waals surface area contributed by atoms with Gasteiger partial charge in [-0.3, -0.25) is 0 Å². The molecule has 0 saturated carbocycles. The molecule has 0 unspecified atom stereocenters. The molecule has 0 bridgehead atoms. The average Bonchev–Trinajstić information content (AvgIpc) is 1.94. The van der Waals surface area contributed by atoms with Crippen LogP contribution in [0, 0.1) is 6.92 Å². The molecule has 8 heteroatoms. The van der Waals surface area contributed by atoms with Crippen molar-refractivity contribution in [2.24, 2.45) is 0 Å². The van der Waals surface area contributed by atoms with Gasteiger partial charge in [0, 0.05) is 8.95 Å². The van der Waals surface area contributed by atoms with E-state index in [9.17, 15) is 19.4 Å².